The number of nitrogens with zero attached hydrogens (tertiary/aromatic N) is 1. The molecule has 0 spiro atoms. The largest absolute Gasteiger partial charge is 0.495 e. The molecule has 0 saturated heterocycles. The Labute approximate surface area is 152 Å². The zero-order valence-corrected chi connectivity index (χ0v) is 15.0. The van der Waals surface area contributed by atoms with Gasteiger partial charge in [0.25, 0.3) is 5.91 Å². The third kappa shape index (κ3) is 4.63. The molecule has 2 N–H and O–H groups in total. The van der Waals surface area contributed by atoms with E-state index in [0.29, 0.717) is 16.5 Å². The van der Waals surface area contributed by atoms with Crippen molar-refractivity contribution < 1.29 is 9.53 Å². The predicted octanol–water partition coefficient (Wildman–Crippen LogP) is 4.55. The van der Waals surface area contributed by atoms with Gasteiger partial charge >= 0.3 is 0 Å². The average Bonchev–Trinajstić information content (AvgIpc) is 2.63. The maximum Gasteiger partial charge on any atom is 0.270 e. The molecule has 1 saturated carbocycles. The number of amides is 1. The molecule has 1 aromatic carbocycles. The Morgan fingerprint density at radius 2 is 1.92 bits per heavy atom. The molecule has 0 aliphatic heterocycles. The quantitative estimate of drug-likeness (QED) is 0.822. The number of nitrogens with one attached hydrogen (secondary N) is 2. The summed E-state index contributed by atoms with van der Waals surface area (Å²) in [5.41, 5.74) is 2.01. The molecule has 0 unspecified atom stereocenters. The maximum atomic E-state index is 12.4. The van der Waals surface area contributed by atoms with Crippen molar-refractivity contribution in [1.82, 2.24) is 10.3 Å². The Hall–Kier alpha value is -2.27. The van der Waals surface area contributed by atoms with Crippen LogP contribution in [0.2, 0.25) is 5.02 Å². The summed E-state index contributed by atoms with van der Waals surface area (Å²) >= 11 is 6.14. The fourth-order valence-electron chi connectivity index (χ4n) is 3.05. The molecule has 25 heavy (non-hydrogen) atoms. The lowest BCUT2D eigenvalue weighted by Crippen LogP contribution is -2.36. The van der Waals surface area contributed by atoms with Crippen LogP contribution in [0.4, 0.5) is 11.4 Å². The van der Waals surface area contributed by atoms with Gasteiger partial charge in [-0.15, -0.1) is 0 Å². The van der Waals surface area contributed by atoms with E-state index in [1.54, 1.807) is 31.5 Å². The third-order valence-electron chi connectivity index (χ3n) is 4.37. The number of ether oxygens (including phenoxy) is 1. The van der Waals surface area contributed by atoms with Gasteiger partial charge in [-0.1, -0.05) is 30.9 Å². The van der Waals surface area contributed by atoms with E-state index >= 15 is 0 Å². The molecule has 1 aliphatic rings. The number of carbonyl (C=O) groups is 1. The van der Waals surface area contributed by atoms with Gasteiger partial charge in [-0.25, -0.2) is 0 Å². The highest BCUT2D eigenvalue weighted by molar-refractivity contribution is 6.32. The van der Waals surface area contributed by atoms with Crippen LogP contribution in [0, 0.1) is 0 Å². The molecule has 0 atom stereocenters. The lowest BCUT2D eigenvalue weighted by atomic mass is 9.95. The number of halogens is 1. The standard InChI is InChI=1S/C19H22ClN3O2/c1-25-18-8-7-14(11-16(18)20)22-15-9-10-21-17(12-15)19(24)23-13-5-3-2-4-6-13/h7-13H,2-6H2,1H3,(H,21,22)(H,23,24). The number of hydrogen-bond donors (Lipinski definition) is 2. The number of anilines is 2. The van der Waals surface area contributed by atoms with E-state index in [2.05, 4.69) is 15.6 Å². The zero-order chi connectivity index (χ0) is 17.6. The monoisotopic (exact) mass is 359 g/mol. The summed E-state index contributed by atoms with van der Waals surface area (Å²) in [5, 5.41) is 6.84. The summed E-state index contributed by atoms with van der Waals surface area (Å²) in [6, 6.07) is 9.27. The van der Waals surface area contributed by atoms with Crippen molar-refractivity contribution in [1.29, 1.82) is 0 Å². The van der Waals surface area contributed by atoms with Gasteiger partial charge in [-0.2, -0.15) is 0 Å². The smallest absolute Gasteiger partial charge is 0.270 e. The third-order valence-corrected chi connectivity index (χ3v) is 4.67. The Kier molecular flexibility index (Phi) is 5.76. The molecule has 2 aromatic rings. The van der Waals surface area contributed by atoms with Crippen molar-refractivity contribution in [3.63, 3.8) is 0 Å². The van der Waals surface area contributed by atoms with Gasteiger partial charge in [-0.05, 0) is 43.2 Å². The number of rotatable bonds is 5. The molecule has 1 heterocycles. The number of benzene rings is 1. The van der Waals surface area contributed by atoms with E-state index in [1.165, 1.54) is 19.3 Å². The fourth-order valence-corrected chi connectivity index (χ4v) is 3.31. The molecule has 0 radical (unpaired) electrons. The molecule has 132 valence electrons. The van der Waals surface area contributed by atoms with E-state index < -0.39 is 0 Å². The maximum absolute atomic E-state index is 12.4. The molecule has 6 heteroatoms. The Morgan fingerprint density at radius 1 is 1.16 bits per heavy atom. The minimum Gasteiger partial charge on any atom is -0.495 e. The molecular formula is C19H22ClN3O2. The summed E-state index contributed by atoms with van der Waals surface area (Å²) in [5.74, 6) is 0.498. The molecule has 1 amide bonds. The van der Waals surface area contributed by atoms with Gasteiger partial charge in [0.05, 0.1) is 12.1 Å². The molecular weight excluding hydrogens is 338 g/mol. The van der Waals surface area contributed by atoms with Crippen molar-refractivity contribution in [2.75, 3.05) is 12.4 Å². The normalized spacial score (nSPS) is 14.8. The first-order chi connectivity index (χ1) is 12.2. The van der Waals surface area contributed by atoms with E-state index in [-0.39, 0.29) is 11.9 Å². The van der Waals surface area contributed by atoms with Crippen LogP contribution in [0.25, 0.3) is 0 Å². The second kappa shape index (κ2) is 8.21. The van der Waals surface area contributed by atoms with Crippen LogP contribution in [0.1, 0.15) is 42.6 Å². The topological polar surface area (TPSA) is 63.2 Å². The van der Waals surface area contributed by atoms with Crippen molar-refractivity contribution >= 4 is 28.9 Å². The van der Waals surface area contributed by atoms with Crippen molar-refractivity contribution in [3.05, 3.63) is 47.2 Å². The zero-order valence-electron chi connectivity index (χ0n) is 14.2. The van der Waals surface area contributed by atoms with Crippen molar-refractivity contribution in [2.24, 2.45) is 0 Å². The summed E-state index contributed by atoms with van der Waals surface area (Å²) in [6.07, 6.45) is 7.34. The minimum absolute atomic E-state index is 0.122. The summed E-state index contributed by atoms with van der Waals surface area (Å²) in [6.45, 7) is 0. The van der Waals surface area contributed by atoms with E-state index in [1.807, 2.05) is 12.1 Å². The van der Waals surface area contributed by atoms with E-state index in [9.17, 15) is 4.79 Å². The first-order valence-corrected chi connectivity index (χ1v) is 8.91. The van der Waals surface area contributed by atoms with Crippen LogP contribution in [0.15, 0.2) is 36.5 Å². The Morgan fingerprint density at radius 3 is 2.64 bits per heavy atom. The van der Waals surface area contributed by atoms with E-state index in [0.717, 1.165) is 24.2 Å². The fraction of sp³-hybridized carbons (Fsp3) is 0.368. The average molecular weight is 360 g/mol. The summed E-state index contributed by atoms with van der Waals surface area (Å²) in [4.78, 5) is 16.6. The van der Waals surface area contributed by atoms with Gasteiger partial charge in [0.2, 0.25) is 0 Å². The highest BCUT2D eigenvalue weighted by Crippen LogP contribution is 2.28. The van der Waals surface area contributed by atoms with Crippen LogP contribution in [0.3, 0.4) is 0 Å². The molecule has 1 aliphatic carbocycles. The molecule has 3 rings (SSSR count). The minimum atomic E-state index is -0.122. The lowest BCUT2D eigenvalue weighted by Gasteiger charge is -2.22. The number of carbonyl (C=O) groups excluding carboxylic acids is 1. The number of pyridine rings is 1. The lowest BCUT2D eigenvalue weighted by molar-refractivity contribution is 0.0922. The first-order valence-electron chi connectivity index (χ1n) is 8.53. The summed E-state index contributed by atoms with van der Waals surface area (Å²) < 4.78 is 5.15. The molecule has 5 nitrogen and oxygen atoms in total. The number of hydrogen-bond acceptors (Lipinski definition) is 4. The molecule has 0 bridgehead atoms. The highest BCUT2D eigenvalue weighted by Gasteiger charge is 2.17. The van der Waals surface area contributed by atoms with Gasteiger partial charge in [0, 0.05) is 23.6 Å². The van der Waals surface area contributed by atoms with Crippen molar-refractivity contribution in [2.45, 2.75) is 38.1 Å². The summed E-state index contributed by atoms with van der Waals surface area (Å²) in [7, 11) is 1.58. The Balaban J connectivity index is 1.68. The number of aromatic nitrogens is 1. The van der Waals surface area contributed by atoms with Crippen LogP contribution < -0.4 is 15.4 Å². The van der Waals surface area contributed by atoms with Crippen LogP contribution >= 0.6 is 11.6 Å². The van der Waals surface area contributed by atoms with Gasteiger partial charge in [0.15, 0.2) is 0 Å². The van der Waals surface area contributed by atoms with E-state index in [4.69, 9.17) is 16.3 Å². The number of methoxy groups -OCH3 is 1. The van der Waals surface area contributed by atoms with Gasteiger partial charge in [-0.3, -0.25) is 9.78 Å². The highest BCUT2D eigenvalue weighted by atomic mass is 35.5. The molecule has 1 aromatic heterocycles. The predicted molar refractivity (Wildman–Crippen MR) is 99.9 cm³/mol. The Bertz CT molecular complexity index is 745. The first kappa shape index (κ1) is 17.5. The van der Waals surface area contributed by atoms with Crippen molar-refractivity contribution in [3.8, 4) is 5.75 Å². The van der Waals surface area contributed by atoms with Gasteiger partial charge in [0.1, 0.15) is 11.4 Å². The second-order valence-electron chi connectivity index (χ2n) is 6.21. The van der Waals surface area contributed by atoms with Crippen LogP contribution in [0.5, 0.6) is 5.75 Å². The van der Waals surface area contributed by atoms with Crippen LogP contribution in [-0.4, -0.2) is 24.0 Å². The SMILES string of the molecule is COc1ccc(Nc2ccnc(C(=O)NC3CCCCC3)c2)cc1Cl. The second-order valence-corrected chi connectivity index (χ2v) is 6.62. The molecule has 1 fully saturated rings. The van der Waals surface area contributed by atoms with Crippen LogP contribution in [-0.2, 0) is 0 Å². The van der Waals surface area contributed by atoms with Gasteiger partial charge < -0.3 is 15.4 Å².